The van der Waals surface area contributed by atoms with Gasteiger partial charge in [-0.3, -0.25) is 0 Å². The fourth-order valence-corrected chi connectivity index (χ4v) is 1.32. The Morgan fingerprint density at radius 3 is 2.43 bits per heavy atom. The minimum atomic E-state index is -1.13. The van der Waals surface area contributed by atoms with Crippen molar-refractivity contribution < 1.29 is 34.1 Å². The maximum atomic E-state index is 11.4. The van der Waals surface area contributed by atoms with Crippen LogP contribution in [0.1, 0.15) is 20.3 Å². The summed E-state index contributed by atoms with van der Waals surface area (Å²) >= 11 is 0. The molecule has 0 heterocycles. The van der Waals surface area contributed by atoms with Crippen LogP contribution in [0.25, 0.3) is 0 Å². The summed E-state index contributed by atoms with van der Waals surface area (Å²) in [6.45, 7) is 3.21. The lowest BCUT2D eigenvalue weighted by Gasteiger charge is -2.19. The second-order valence-corrected chi connectivity index (χ2v) is 4.15. The Balaban J connectivity index is 3.78. The summed E-state index contributed by atoms with van der Waals surface area (Å²) in [5.74, 6) is -1.36. The van der Waals surface area contributed by atoms with E-state index < -0.39 is 23.2 Å². The number of aliphatic carboxylic acids is 1. The summed E-state index contributed by atoms with van der Waals surface area (Å²) in [5, 5.41) is 20.1. The van der Waals surface area contributed by atoms with Crippen LogP contribution in [-0.2, 0) is 19.1 Å². The highest BCUT2D eigenvalue weighted by atomic mass is 17.0. The molecular weight excluding hydrogens is 288 g/mol. The second kappa shape index (κ2) is 10.7. The molecule has 122 valence electrons. The lowest BCUT2D eigenvalue weighted by atomic mass is 10.00. The molecule has 0 radical (unpaired) electrons. The number of carbonyl (C=O) groups excluding carboxylic acids is 1. The molecule has 0 aromatic heterocycles. The summed E-state index contributed by atoms with van der Waals surface area (Å²) in [7, 11) is 0. The van der Waals surface area contributed by atoms with E-state index in [1.807, 2.05) is 6.92 Å². The Kier molecular flexibility index (Phi) is 9.59. The number of nitrogens with one attached hydrogen (secondary N) is 1. The number of carbonyl (C=O) groups is 2. The van der Waals surface area contributed by atoms with Crippen molar-refractivity contribution in [3.8, 4) is 0 Å². The molecule has 0 bridgehead atoms. The molecule has 10 nitrogen and oxygen atoms in total. The van der Waals surface area contributed by atoms with E-state index in [4.69, 9.17) is 14.6 Å². The van der Waals surface area contributed by atoms with Crippen LogP contribution < -0.4 is 5.32 Å². The fraction of sp³-hybridized carbons (Fsp3) is 0.818. The summed E-state index contributed by atoms with van der Waals surface area (Å²) in [5.41, 5.74) is 0. The van der Waals surface area contributed by atoms with Gasteiger partial charge in [-0.1, -0.05) is 20.3 Å². The van der Waals surface area contributed by atoms with Crippen molar-refractivity contribution in [3.63, 3.8) is 0 Å². The normalized spacial score (nSPS) is 13.0. The Morgan fingerprint density at radius 1 is 1.29 bits per heavy atom. The number of ether oxygens (including phenoxy) is 2. The Hall–Kier alpha value is -2.10. The molecule has 0 aliphatic rings. The van der Waals surface area contributed by atoms with Crippen molar-refractivity contribution in [2.75, 3.05) is 26.4 Å². The van der Waals surface area contributed by atoms with E-state index in [9.17, 15) is 19.7 Å². The van der Waals surface area contributed by atoms with E-state index in [0.717, 1.165) is 0 Å². The van der Waals surface area contributed by atoms with Crippen LogP contribution in [0.15, 0.2) is 0 Å². The molecule has 0 aromatic rings. The molecule has 2 atom stereocenters. The highest BCUT2D eigenvalue weighted by Crippen LogP contribution is 2.07. The average molecular weight is 308 g/mol. The van der Waals surface area contributed by atoms with Crippen LogP contribution in [-0.4, -0.2) is 54.7 Å². The molecular formula is C11H20N2O8. The minimum absolute atomic E-state index is 0.0173. The molecule has 0 rings (SSSR count). The van der Waals surface area contributed by atoms with Crippen LogP contribution in [0, 0.1) is 16.0 Å². The van der Waals surface area contributed by atoms with Gasteiger partial charge in [-0.25, -0.2) is 9.59 Å². The first-order chi connectivity index (χ1) is 9.88. The van der Waals surface area contributed by atoms with Gasteiger partial charge in [-0.15, -0.1) is 10.1 Å². The first kappa shape index (κ1) is 18.9. The molecule has 0 fully saturated rings. The number of rotatable bonds is 11. The third-order valence-corrected chi connectivity index (χ3v) is 2.64. The van der Waals surface area contributed by atoms with Crippen molar-refractivity contribution in [1.82, 2.24) is 5.32 Å². The zero-order valence-electron chi connectivity index (χ0n) is 11.9. The van der Waals surface area contributed by atoms with Crippen molar-refractivity contribution >= 4 is 12.1 Å². The number of carboxylic acids is 1. The number of alkyl carbamates (subject to hydrolysis) is 1. The van der Waals surface area contributed by atoms with Gasteiger partial charge >= 0.3 is 12.1 Å². The second-order valence-electron chi connectivity index (χ2n) is 4.15. The Morgan fingerprint density at radius 2 is 1.90 bits per heavy atom. The summed E-state index contributed by atoms with van der Waals surface area (Å²) < 4.78 is 9.64. The molecule has 2 unspecified atom stereocenters. The van der Waals surface area contributed by atoms with Crippen LogP contribution in [0.4, 0.5) is 4.79 Å². The molecule has 10 heteroatoms. The molecule has 0 saturated carbocycles. The third-order valence-electron chi connectivity index (χ3n) is 2.64. The number of amides is 1. The topological polar surface area (TPSA) is 137 Å². The Bertz CT molecular complexity index is 349. The smallest absolute Gasteiger partial charge is 0.407 e. The molecule has 21 heavy (non-hydrogen) atoms. The lowest BCUT2D eigenvalue weighted by molar-refractivity contribution is -0.758. The van der Waals surface area contributed by atoms with Crippen molar-refractivity contribution in [2.24, 2.45) is 5.92 Å². The van der Waals surface area contributed by atoms with Crippen LogP contribution in [0.5, 0.6) is 0 Å². The summed E-state index contributed by atoms with van der Waals surface area (Å²) in [6, 6.07) is -1.02. The molecule has 2 N–H and O–H groups in total. The molecule has 0 aliphatic heterocycles. The average Bonchev–Trinajstić information content (AvgIpc) is 2.42. The standard InChI is InChI=1S/C11H20N2O8/c1-3-8(2)9(10(14)15)12-11(16)20-6-4-19-5-7-21-13(17)18/h8-9H,3-7H2,1-2H3,(H,12,16)(H,14,15). The summed E-state index contributed by atoms with van der Waals surface area (Å²) in [4.78, 5) is 36.2. The minimum Gasteiger partial charge on any atom is -0.480 e. The van der Waals surface area contributed by atoms with Gasteiger partial charge in [0.2, 0.25) is 0 Å². The molecule has 0 saturated heterocycles. The van der Waals surface area contributed by atoms with Gasteiger partial charge in [-0.2, -0.15) is 0 Å². The van der Waals surface area contributed by atoms with Crippen LogP contribution >= 0.6 is 0 Å². The van der Waals surface area contributed by atoms with Crippen LogP contribution in [0.2, 0.25) is 0 Å². The van der Waals surface area contributed by atoms with Gasteiger partial charge in [0, 0.05) is 0 Å². The van der Waals surface area contributed by atoms with E-state index in [0.29, 0.717) is 6.42 Å². The zero-order chi connectivity index (χ0) is 16.3. The monoisotopic (exact) mass is 308 g/mol. The Labute approximate surface area is 121 Å². The first-order valence-electron chi connectivity index (χ1n) is 6.39. The highest BCUT2D eigenvalue weighted by Gasteiger charge is 2.25. The van der Waals surface area contributed by atoms with E-state index >= 15 is 0 Å². The predicted octanol–water partition coefficient (Wildman–Crippen LogP) is 0.437. The predicted molar refractivity (Wildman–Crippen MR) is 69.1 cm³/mol. The van der Waals surface area contributed by atoms with Gasteiger partial charge in [0.05, 0.1) is 13.2 Å². The quantitative estimate of drug-likeness (QED) is 0.318. The van der Waals surface area contributed by atoms with Crippen molar-refractivity contribution in [3.05, 3.63) is 10.1 Å². The number of carboxylic acid groups (broad SMARTS) is 1. The lowest BCUT2D eigenvalue weighted by Crippen LogP contribution is -2.45. The van der Waals surface area contributed by atoms with Gasteiger partial charge < -0.3 is 24.7 Å². The van der Waals surface area contributed by atoms with E-state index in [1.165, 1.54) is 0 Å². The molecule has 0 aliphatic carbocycles. The number of nitrogens with zero attached hydrogens (tertiary/aromatic N) is 1. The van der Waals surface area contributed by atoms with Crippen molar-refractivity contribution in [1.29, 1.82) is 0 Å². The zero-order valence-corrected chi connectivity index (χ0v) is 11.9. The van der Waals surface area contributed by atoms with Gasteiger partial charge in [0.15, 0.2) is 0 Å². The summed E-state index contributed by atoms with van der Waals surface area (Å²) in [6.07, 6.45) is -0.260. The number of hydrogen-bond donors (Lipinski definition) is 2. The van der Waals surface area contributed by atoms with E-state index in [1.54, 1.807) is 6.92 Å². The fourth-order valence-electron chi connectivity index (χ4n) is 1.32. The molecule has 0 aromatic carbocycles. The largest absolute Gasteiger partial charge is 0.480 e. The first-order valence-corrected chi connectivity index (χ1v) is 6.39. The third kappa shape index (κ3) is 9.44. The maximum Gasteiger partial charge on any atom is 0.407 e. The van der Waals surface area contributed by atoms with Gasteiger partial charge in [0.1, 0.15) is 19.3 Å². The van der Waals surface area contributed by atoms with Gasteiger partial charge in [-0.05, 0) is 5.92 Å². The highest BCUT2D eigenvalue weighted by molar-refractivity contribution is 5.80. The number of hydrogen-bond acceptors (Lipinski definition) is 7. The molecule has 0 spiro atoms. The van der Waals surface area contributed by atoms with Crippen LogP contribution in [0.3, 0.4) is 0 Å². The van der Waals surface area contributed by atoms with E-state index in [2.05, 4.69) is 10.2 Å². The SMILES string of the molecule is CCC(C)C(NC(=O)OCCOCCO[N+](=O)[O-])C(=O)O. The molecule has 1 amide bonds. The maximum absolute atomic E-state index is 11.4. The van der Waals surface area contributed by atoms with Gasteiger partial charge in [0.25, 0.3) is 5.09 Å². The van der Waals surface area contributed by atoms with Crippen molar-refractivity contribution in [2.45, 2.75) is 26.3 Å². The van der Waals surface area contributed by atoms with E-state index in [-0.39, 0.29) is 32.3 Å².